The molecule has 3 rings (SSSR count). The summed E-state index contributed by atoms with van der Waals surface area (Å²) >= 11 is 5.81. The summed E-state index contributed by atoms with van der Waals surface area (Å²) in [7, 11) is 0. The van der Waals surface area contributed by atoms with E-state index in [-0.39, 0.29) is 12.8 Å². The summed E-state index contributed by atoms with van der Waals surface area (Å²) in [5.74, 6) is 1.43. The second kappa shape index (κ2) is 7.07. The Hall–Kier alpha value is -2.66. The zero-order valence-electron chi connectivity index (χ0n) is 12.2. The number of benzene rings is 2. The van der Waals surface area contributed by atoms with Crippen LogP contribution in [0.1, 0.15) is 11.1 Å². The van der Waals surface area contributed by atoms with E-state index in [1.165, 1.54) is 0 Å². The second-order valence-corrected chi connectivity index (χ2v) is 5.34. The maximum Gasteiger partial charge on any atom is 0.319 e. The molecule has 1 aliphatic heterocycles. The fourth-order valence-electron chi connectivity index (χ4n) is 2.07. The molecule has 1 heterocycles. The SMILES string of the molecule is O=C(N/C=C/c1ccc(Cl)cc1)NCc1ccc2c(c1)OCO2. The Balaban J connectivity index is 1.47. The number of carbonyl (C=O) groups excluding carboxylic acids is 1. The van der Waals surface area contributed by atoms with Crippen molar-refractivity contribution in [1.29, 1.82) is 0 Å². The van der Waals surface area contributed by atoms with E-state index in [0.29, 0.717) is 17.3 Å². The maximum absolute atomic E-state index is 11.7. The maximum atomic E-state index is 11.7. The highest BCUT2D eigenvalue weighted by atomic mass is 35.5. The molecule has 0 unspecified atom stereocenters. The molecular weight excluding hydrogens is 316 g/mol. The van der Waals surface area contributed by atoms with Crippen LogP contribution in [0.15, 0.2) is 48.7 Å². The van der Waals surface area contributed by atoms with E-state index in [2.05, 4.69) is 10.6 Å². The average Bonchev–Trinajstić information content (AvgIpc) is 3.02. The molecule has 0 saturated heterocycles. The van der Waals surface area contributed by atoms with Crippen LogP contribution in [-0.2, 0) is 6.54 Å². The lowest BCUT2D eigenvalue weighted by Gasteiger charge is -2.05. The molecule has 0 bridgehead atoms. The van der Waals surface area contributed by atoms with Crippen molar-refractivity contribution >= 4 is 23.7 Å². The third-order valence-corrected chi connectivity index (χ3v) is 3.50. The third kappa shape index (κ3) is 4.17. The van der Waals surface area contributed by atoms with Crippen LogP contribution in [0, 0.1) is 0 Å². The number of carbonyl (C=O) groups is 1. The third-order valence-electron chi connectivity index (χ3n) is 3.25. The van der Waals surface area contributed by atoms with Crippen molar-refractivity contribution in [2.45, 2.75) is 6.54 Å². The molecule has 2 aromatic carbocycles. The molecule has 5 nitrogen and oxygen atoms in total. The lowest BCUT2D eigenvalue weighted by Crippen LogP contribution is -2.31. The minimum atomic E-state index is -0.284. The van der Waals surface area contributed by atoms with E-state index in [9.17, 15) is 4.79 Å². The molecule has 2 N–H and O–H groups in total. The van der Waals surface area contributed by atoms with Crippen LogP contribution in [0.25, 0.3) is 6.08 Å². The number of nitrogens with one attached hydrogen (secondary N) is 2. The van der Waals surface area contributed by atoms with Crippen LogP contribution < -0.4 is 20.1 Å². The molecular formula is C17H15ClN2O3. The number of rotatable bonds is 4. The molecule has 0 atom stereocenters. The number of fused-ring (bicyclic) bond motifs is 1. The summed E-state index contributed by atoms with van der Waals surface area (Å²) in [4.78, 5) is 11.7. The lowest BCUT2D eigenvalue weighted by molar-refractivity contribution is 0.174. The highest BCUT2D eigenvalue weighted by Gasteiger charge is 2.13. The number of urea groups is 1. The normalized spacial score (nSPS) is 12.4. The zero-order valence-corrected chi connectivity index (χ0v) is 13.0. The quantitative estimate of drug-likeness (QED) is 0.901. The first-order valence-corrected chi connectivity index (χ1v) is 7.43. The van der Waals surface area contributed by atoms with Crippen molar-refractivity contribution in [3.8, 4) is 11.5 Å². The number of ether oxygens (including phenoxy) is 2. The molecule has 0 saturated carbocycles. The summed E-state index contributed by atoms with van der Waals surface area (Å²) in [6, 6.07) is 12.6. The summed E-state index contributed by atoms with van der Waals surface area (Å²) in [5.41, 5.74) is 1.89. The van der Waals surface area contributed by atoms with Gasteiger partial charge >= 0.3 is 6.03 Å². The van der Waals surface area contributed by atoms with Crippen molar-refractivity contribution in [2.24, 2.45) is 0 Å². The Kier molecular flexibility index (Phi) is 4.68. The van der Waals surface area contributed by atoms with Gasteiger partial charge in [-0.25, -0.2) is 4.79 Å². The Bertz CT molecular complexity index is 729. The molecule has 0 radical (unpaired) electrons. The second-order valence-electron chi connectivity index (χ2n) is 4.90. The zero-order chi connectivity index (χ0) is 16.1. The first-order chi connectivity index (χ1) is 11.2. The van der Waals surface area contributed by atoms with Gasteiger partial charge in [-0.2, -0.15) is 0 Å². The molecule has 1 aliphatic rings. The predicted molar refractivity (Wildman–Crippen MR) is 88.4 cm³/mol. The van der Waals surface area contributed by atoms with E-state index < -0.39 is 0 Å². The predicted octanol–water partition coefficient (Wildman–Crippen LogP) is 3.54. The molecule has 23 heavy (non-hydrogen) atoms. The van der Waals surface area contributed by atoms with Gasteiger partial charge in [0.1, 0.15) is 0 Å². The van der Waals surface area contributed by atoms with Crippen molar-refractivity contribution in [3.63, 3.8) is 0 Å². The number of halogens is 1. The van der Waals surface area contributed by atoms with Crippen LogP contribution >= 0.6 is 11.6 Å². The summed E-state index contributed by atoms with van der Waals surface area (Å²) in [6.45, 7) is 0.638. The molecule has 0 fully saturated rings. The Morgan fingerprint density at radius 3 is 2.74 bits per heavy atom. The topological polar surface area (TPSA) is 59.6 Å². The summed E-state index contributed by atoms with van der Waals surface area (Å²) < 4.78 is 10.5. The van der Waals surface area contributed by atoms with Gasteiger partial charge in [-0.05, 0) is 41.5 Å². The fraction of sp³-hybridized carbons (Fsp3) is 0.118. The number of hydrogen-bond acceptors (Lipinski definition) is 3. The van der Waals surface area contributed by atoms with E-state index in [4.69, 9.17) is 21.1 Å². The van der Waals surface area contributed by atoms with Crippen LogP contribution in [-0.4, -0.2) is 12.8 Å². The van der Waals surface area contributed by atoms with Gasteiger partial charge in [-0.1, -0.05) is 29.8 Å². The van der Waals surface area contributed by atoms with Crippen LogP contribution in [0.2, 0.25) is 5.02 Å². The van der Waals surface area contributed by atoms with Crippen LogP contribution in [0.5, 0.6) is 11.5 Å². The van der Waals surface area contributed by atoms with Gasteiger partial charge in [0.25, 0.3) is 0 Å². The Morgan fingerprint density at radius 1 is 1.13 bits per heavy atom. The molecule has 118 valence electrons. The smallest absolute Gasteiger partial charge is 0.319 e. The molecule has 0 spiro atoms. The van der Waals surface area contributed by atoms with Crippen molar-refractivity contribution < 1.29 is 14.3 Å². The van der Waals surface area contributed by atoms with E-state index in [1.807, 2.05) is 30.3 Å². The summed E-state index contributed by atoms with van der Waals surface area (Å²) in [6.07, 6.45) is 3.37. The van der Waals surface area contributed by atoms with Crippen molar-refractivity contribution in [2.75, 3.05) is 6.79 Å². The summed E-state index contributed by atoms with van der Waals surface area (Å²) in [5, 5.41) is 6.09. The minimum Gasteiger partial charge on any atom is -0.454 e. The van der Waals surface area contributed by atoms with Gasteiger partial charge in [0, 0.05) is 17.8 Å². The standard InChI is InChI=1S/C17H15ClN2O3/c18-14-4-1-12(2-5-14)7-8-19-17(21)20-10-13-3-6-15-16(9-13)23-11-22-15/h1-9H,10-11H2,(H2,19,20,21)/b8-7+. The van der Waals surface area contributed by atoms with Crippen molar-refractivity contribution in [1.82, 2.24) is 10.6 Å². The first-order valence-electron chi connectivity index (χ1n) is 7.06. The molecule has 0 aromatic heterocycles. The first kappa shape index (κ1) is 15.2. The highest BCUT2D eigenvalue weighted by Crippen LogP contribution is 2.32. The fourth-order valence-corrected chi connectivity index (χ4v) is 2.20. The molecule has 0 aliphatic carbocycles. The Morgan fingerprint density at radius 2 is 1.91 bits per heavy atom. The Labute approximate surface area is 138 Å². The highest BCUT2D eigenvalue weighted by molar-refractivity contribution is 6.30. The van der Waals surface area contributed by atoms with Gasteiger partial charge in [0.05, 0.1) is 0 Å². The minimum absolute atomic E-state index is 0.238. The molecule has 6 heteroatoms. The van der Waals surface area contributed by atoms with E-state index in [0.717, 1.165) is 16.9 Å². The lowest BCUT2D eigenvalue weighted by atomic mass is 10.2. The van der Waals surface area contributed by atoms with Crippen LogP contribution in [0.4, 0.5) is 4.79 Å². The number of hydrogen-bond donors (Lipinski definition) is 2. The molecule has 2 aromatic rings. The van der Waals surface area contributed by atoms with Gasteiger partial charge in [-0.15, -0.1) is 0 Å². The number of amides is 2. The molecule has 2 amide bonds. The van der Waals surface area contributed by atoms with Gasteiger partial charge in [-0.3, -0.25) is 0 Å². The van der Waals surface area contributed by atoms with Gasteiger partial charge in [0.2, 0.25) is 6.79 Å². The van der Waals surface area contributed by atoms with E-state index in [1.54, 1.807) is 24.4 Å². The largest absolute Gasteiger partial charge is 0.454 e. The van der Waals surface area contributed by atoms with Gasteiger partial charge in [0.15, 0.2) is 11.5 Å². The van der Waals surface area contributed by atoms with Crippen molar-refractivity contribution in [3.05, 3.63) is 64.8 Å². The monoisotopic (exact) mass is 330 g/mol. The average molecular weight is 331 g/mol. The van der Waals surface area contributed by atoms with Crippen LogP contribution in [0.3, 0.4) is 0 Å². The van der Waals surface area contributed by atoms with E-state index >= 15 is 0 Å². The van der Waals surface area contributed by atoms with Gasteiger partial charge < -0.3 is 20.1 Å².